The van der Waals surface area contributed by atoms with Gasteiger partial charge in [-0.2, -0.15) is 0 Å². The Labute approximate surface area is 135 Å². The maximum absolute atomic E-state index is 11.8. The van der Waals surface area contributed by atoms with Crippen LogP contribution in [0.25, 0.3) is 11.1 Å². The molecule has 4 nitrogen and oxygen atoms in total. The van der Waals surface area contributed by atoms with Gasteiger partial charge in [0.25, 0.3) is 0 Å². The SMILES string of the molecule is C[C@@H](C[C]=O)NC(=O)OCC1c2ccccc2-c2ccccc21. The van der Waals surface area contributed by atoms with Crippen molar-refractivity contribution in [2.24, 2.45) is 0 Å². The van der Waals surface area contributed by atoms with Crippen molar-refractivity contribution < 1.29 is 14.3 Å². The third-order valence-electron chi connectivity index (χ3n) is 4.10. The van der Waals surface area contributed by atoms with Crippen molar-refractivity contribution in [3.8, 4) is 11.1 Å². The first-order chi connectivity index (χ1) is 11.2. The number of hydrogen-bond acceptors (Lipinski definition) is 3. The Morgan fingerprint density at radius 2 is 1.70 bits per heavy atom. The highest BCUT2D eigenvalue weighted by Crippen LogP contribution is 2.44. The molecule has 0 bridgehead atoms. The first-order valence-electron chi connectivity index (χ1n) is 7.67. The van der Waals surface area contributed by atoms with E-state index < -0.39 is 6.09 Å². The summed E-state index contributed by atoms with van der Waals surface area (Å²) in [4.78, 5) is 22.2. The predicted octanol–water partition coefficient (Wildman–Crippen LogP) is 3.41. The number of carbonyl (C=O) groups excluding carboxylic acids is 2. The fourth-order valence-electron chi connectivity index (χ4n) is 3.02. The van der Waals surface area contributed by atoms with Crippen LogP contribution in [0, 0.1) is 0 Å². The molecule has 23 heavy (non-hydrogen) atoms. The molecule has 4 heteroatoms. The third kappa shape index (κ3) is 3.11. The van der Waals surface area contributed by atoms with E-state index in [9.17, 15) is 9.59 Å². The summed E-state index contributed by atoms with van der Waals surface area (Å²) in [6.45, 7) is 2.02. The fraction of sp³-hybridized carbons (Fsp3) is 0.263. The lowest BCUT2D eigenvalue weighted by Crippen LogP contribution is -2.34. The summed E-state index contributed by atoms with van der Waals surface area (Å²) in [6, 6.07) is 16.1. The van der Waals surface area contributed by atoms with Gasteiger partial charge < -0.3 is 10.1 Å². The highest BCUT2D eigenvalue weighted by molar-refractivity contribution is 5.79. The van der Waals surface area contributed by atoms with E-state index in [1.165, 1.54) is 22.3 Å². The zero-order valence-electron chi connectivity index (χ0n) is 12.9. The third-order valence-corrected chi connectivity index (χ3v) is 4.10. The molecule has 1 atom stereocenters. The summed E-state index contributed by atoms with van der Waals surface area (Å²) in [5.74, 6) is 0.0427. The van der Waals surface area contributed by atoms with Crippen LogP contribution in [0.15, 0.2) is 48.5 Å². The molecule has 0 fully saturated rings. The van der Waals surface area contributed by atoms with Crippen molar-refractivity contribution in [2.75, 3.05) is 6.61 Å². The lowest BCUT2D eigenvalue weighted by molar-refractivity contribution is 0.140. The molecule has 2 aromatic carbocycles. The maximum Gasteiger partial charge on any atom is 0.407 e. The Kier molecular flexibility index (Phi) is 4.42. The molecule has 0 unspecified atom stereocenters. The van der Waals surface area contributed by atoms with Gasteiger partial charge in [-0.1, -0.05) is 48.5 Å². The number of nitrogens with one attached hydrogen (secondary N) is 1. The second kappa shape index (κ2) is 6.65. The highest BCUT2D eigenvalue weighted by Gasteiger charge is 2.29. The van der Waals surface area contributed by atoms with E-state index >= 15 is 0 Å². The number of benzene rings is 2. The number of carbonyl (C=O) groups is 1. The van der Waals surface area contributed by atoms with E-state index in [0.717, 1.165) is 0 Å². The largest absolute Gasteiger partial charge is 0.449 e. The van der Waals surface area contributed by atoms with Crippen molar-refractivity contribution in [1.29, 1.82) is 0 Å². The molecule has 3 rings (SSSR count). The van der Waals surface area contributed by atoms with Gasteiger partial charge in [0.15, 0.2) is 6.29 Å². The average molecular weight is 308 g/mol. The van der Waals surface area contributed by atoms with Crippen molar-refractivity contribution >= 4 is 12.4 Å². The summed E-state index contributed by atoms with van der Waals surface area (Å²) < 4.78 is 5.38. The van der Waals surface area contributed by atoms with Gasteiger partial charge in [0.05, 0.1) is 0 Å². The standard InChI is InChI=1S/C19H18NO3/c1-13(10-11-21)20-19(22)23-12-18-16-8-4-2-6-14(16)15-7-3-5-9-17(15)18/h2-9,13,18H,10,12H2,1H3,(H,20,22)/t13-/m0/s1. The molecule has 1 N–H and O–H groups in total. The lowest BCUT2D eigenvalue weighted by atomic mass is 9.98. The zero-order valence-corrected chi connectivity index (χ0v) is 12.9. The number of hydrogen-bond donors (Lipinski definition) is 1. The molecule has 1 radical (unpaired) electrons. The van der Waals surface area contributed by atoms with Crippen LogP contribution in [-0.4, -0.2) is 25.0 Å². The normalized spacial score (nSPS) is 13.8. The Morgan fingerprint density at radius 1 is 1.13 bits per heavy atom. The van der Waals surface area contributed by atoms with E-state index in [-0.39, 0.29) is 25.0 Å². The Balaban J connectivity index is 1.73. The molecule has 0 heterocycles. The Bertz CT molecular complexity index is 681. The van der Waals surface area contributed by atoms with Crippen LogP contribution in [0.3, 0.4) is 0 Å². The van der Waals surface area contributed by atoms with Crippen LogP contribution < -0.4 is 5.32 Å². The molecule has 2 aromatic rings. The molecule has 117 valence electrons. The second-order valence-corrected chi connectivity index (χ2v) is 5.72. The number of alkyl carbamates (subject to hydrolysis) is 1. The van der Waals surface area contributed by atoms with Crippen LogP contribution in [0.5, 0.6) is 0 Å². The van der Waals surface area contributed by atoms with Gasteiger partial charge in [0.2, 0.25) is 0 Å². The first kappa shape index (κ1) is 15.3. The molecule has 1 aliphatic carbocycles. The summed E-state index contributed by atoms with van der Waals surface area (Å²) >= 11 is 0. The van der Waals surface area contributed by atoms with E-state index in [0.29, 0.717) is 0 Å². The van der Waals surface area contributed by atoms with Gasteiger partial charge >= 0.3 is 6.09 Å². The number of rotatable bonds is 5. The van der Waals surface area contributed by atoms with Crippen LogP contribution in [0.1, 0.15) is 30.4 Å². The number of amides is 1. The molecule has 1 amide bonds. The maximum atomic E-state index is 11.8. The minimum Gasteiger partial charge on any atom is -0.449 e. The van der Waals surface area contributed by atoms with E-state index in [2.05, 4.69) is 29.6 Å². The van der Waals surface area contributed by atoms with Gasteiger partial charge in [-0.05, 0) is 29.2 Å². The van der Waals surface area contributed by atoms with Crippen molar-refractivity contribution in [2.45, 2.75) is 25.3 Å². The molecule has 0 saturated heterocycles. The van der Waals surface area contributed by atoms with Gasteiger partial charge in [-0.15, -0.1) is 0 Å². The van der Waals surface area contributed by atoms with Crippen molar-refractivity contribution in [1.82, 2.24) is 5.32 Å². The molecule has 0 saturated carbocycles. The van der Waals surface area contributed by atoms with Gasteiger partial charge in [0.1, 0.15) is 6.61 Å². The van der Waals surface area contributed by atoms with Crippen LogP contribution in [0.4, 0.5) is 4.79 Å². The predicted molar refractivity (Wildman–Crippen MR) is 88.0 cm³/mol. The number of ether oxygens (including phenoxy) is 1. The summed E-state index contributed by atoms with van der Waals surface area (Å²) in [5, 5.41) is 2.63. The zero-order chi connectivity index (χ0) is 16.2. The summed E-state index contributed by atoms with van der Waals surface area (Å²) in [7, 11) is 0. The van der Waals surface area contributed by atoms with Gasteiger partial charge in [0, 0.05) is 18.4 Å². The van der Waals surface area contributed by atoms with E-state index in [1.807, 2.05) is 24.3 Å². The Morgan fingerprint density at radius 3 is 2.26 bits per heavy atom. The van der Waals surface area contributed by atoms with Crippen LogP contribution in [0.2, 0.25) is 0 Å². The lowest BCUT2D eigenvalue weighted by Gasteiger charge is -2.16. The van der Waals surface area contributed by atoms with Crippen molar-refractivity contribution in [3.63, 3.8) is 0 Å². The van der Waals surface area contributed by atoms with Crippen molar-refractivity contribution in [3.05, 3.63) is 59.7 Å². The quantitative estimate of drug-likeness (QED) is 0.921. The molecular weight excluding hydrogens is 290 g/mol. The smallest absolute Gasteiger partial charge is 0.407 e. The minimum atomic E-state index is -0.505. The topological polar surface area (TPSA) is 55.4 Å². The van der Waals surface area contributed by atoms with Gasteiger partial charge in [-0.25, -0.2) is 4.79 Å². The molecule has 0 aromatic heterocycles. The Hall–Kier alpha value is -2.62. The molecule has 0 aliphatic heterocycles. The van der Waals surface area contributed by atoms with E-state index in [1.54, 1.807) is 13.2 Å². The second-order valence-electron chi connectivity index (χ2n) is 5.72. The molecule has 0 spiro atoms. The van der Waals surface area contributed by atoms with Crippen LogP contribution >= 0.6 is 0 Å². The van der Waals surface area contributed by atoms with E-state index in [4.69, 9.17) is 4.74 Å². The molecular formula is C19H18NO3. The molecule has 1 aliphatic rings. The summed E-state index contributed by atoms with van der Waals surface area (Å²) in [6.07, 6.45) is 1.43. The monoisotopic (exact) mass is 308 g/mol. The van der Waals surface area contributed by atoms with Gasteiger partial charge in [-0.3, -0.25) is 4.79 Å². The average Bonchev–Trinajstić information content (AvgIpc) is 2.87. The van der Waals surface area contributed by atoms with Crippen LogP contribution in [-0.2, 0) is 9.53 Å². The minimum absolute atomic E-state index is 0.0427. The number of fused-ring (bicyclic) bond motifs is 3. The highest BCUT2D eigenvalue weighted by atomic mass is 16.5. The fourth-order valence-corrected chi connectivity index (χ4v) is 3.02. The first-order valence-corrected chi connectivity index (χ1v) is 7.67. The summed E-state index contributed by atoms with van der Waals surface area (Å²) in [5.41, 5.74) is 4.74.